The molecule has 1 saturated heterocycles. The second-order valence-electron chi connectivity index (χ2n) is 5.56. The zero-order valence-corrected chi connectivity index (χ0v) is 14.6. The maximum Gasteiger partial charge on any atom is 0.0692 e. The molecule has 1 N–H and O–H groups in total. The van der Waals surface area contributed by atoms with Crippen molar-refractivity contribution in [3.63, 3.8) is 0 Å². The minimum Gasteiger partial charge on any atom is -0.375 e. The first kappa shape index (κ1) is 16.3. The Morgan fingerprint density at radius 3 is 2.80 bits per heavy atom. The third-order valence-corrected chi connectivity index (χ3v) is 5.57. The van der Waals surface area contributed by atoms with Crippen molar-refractivity contribution >= 4 is 27.5 Å². The van der Waals surface area contributed by atoms with Gasteiger partial charge in [-0.15, -0.1) is 0 Å². The monoisotopic (exact) mass is 359 g/mol. The van der Waals surface area contributed by atoms with Gasteiger partial charge in [-0.3, -0.25) is 0 Å². The van der Waals surface area contributed by atoms with Gasteiger partial charge in [0.15, 0.2) is 0 Å². The van der Waals surface area contributed by atoms with Crippen molar-refractivity contribution in [1.82, 2.24) is 5.32 Å². The zero-order chi connectivity index (χ0) is 14.6. The van der Waals surface area contributed by atoms with Crippen molar-refractivity contribution in [1.29, 1.82) is 0 Å². The second kappa shape index (κ2) is 7.26. The Morgan fingerprint density at radius 1 is 1.40 bits per heavy atom. The van der Waals surface area contributed by atoms with Crippen LogP contribution in [0.5, 0.6) is 0 Å². The van der Waals surface area contributed by atoms with Crippen LogP contribution in [0.4, 0.5) is 0 Å². The molecule has 2 rings (SSSR count). The van der Waals surface area contributed by atoms with Crippen LogP contribution in [0.2, 0.25) is 5.02 Å². The zero-order valence-electron chi connectivity index (χ0n) is 12.2. The second-order valence-corrected chi connectivity index (χ2v) is 6.82. The van der Waals surface area contributed by atoms with E-state index in [0.717, 1.165) is 48.3 Å². The molecule has 0 aromatic heterocycles. The van der Waals surface area contributed by atoms with E-state index in [1.165, 1.54) is 5.56 Å². The van der Waals surface area contributed by atoms with Gasteiger partial charge in [0.05, 0.1) is 10.6 Å². The molecule has 0 spiro atoms. The summed E-state index contributed by atoms with van der Waals surface area (Å²) in [7, 11) is 0. The van der Waals surface area contributed by atoms with Crippen LogP contribution in [-0.4, -0.2) is 18.2 Å². The molecule has 0 aliphatic carbocycles. The van der Waals surface area contributed by atoms with Gasteiger partial charge in [-0.2, -0.15) is 0 Å². The Morgan fingerprint density at radius 2 is 2.15 bits per heavy atom. The predicted octanol–water partition coefficient (Wildman–Crippen LogP) is 4.93. The van der Waals surface area contributed by atoms with Crippen LogP contribution in [0.15, 0.2) is 22.7 Å². The fourth-order valence-corrected chi connectivity index (χ4v) is 3.40. The third-order valence-electron chi connectivity index (χ3n) is 4.36. The van der Waals surface area contributed by atoms with Crippen molar-refractivity contribution in [2.75, 3.05) is 6.61 Å². The molecular formula is C16H23BrClNO. The molecule has 2 nitrogen and oxygen atoms in total. The fourth-order valence-electron chi connectivity index (χ4n) is 2.86. The highest BCUT2D eigenvalue weighted by Gasteiger charge is 2.34. The van der Waals surface area contributed by atoms with Crippen LogP contribution in [0.3, 0.4) is 0 Å². The summed E-state index contributed by atoms with van der Waals surface area (Å²) in [4.78, 5) is 0. The van der Waals surface area contributed by atoms with E-state index in [9.17, 15) is 0 Å². The summed E-state index contributed by atoms with van der Waals surface area (Å²) in [6.45, 7) is 6.19. The quantitative estimate of drug-likeness (QED) is 0.804. The summed E-state index contributed by atoms with van der Waals surface area (Å²) in [5.74, 6) is 0. The number of hydrogen-bond acceptors (Lipinski definition) is 2. The summed E-state index contributed by atoms with van der Waals surface area (Å²) in [6.07, 6.45) is 4.38. The van der Waals surface area contributed by atoms with Crippen molar-refractivity contribution < 1.29 is 4.74 Å². The van der Waals surface area contributed by atoms with Gasteiger partial charge in [-0.05, 0) is 59.3 Å². The lowest BCUT2D eigenvalue weighted by atomic mass is 9.86. The number of nitrogens with one attached hydrogen (secondary N) is 1. The number of halogens is 2. The topological polar surface area (TPSA) is 21.3 Å². The highest BCUT2D eigenvalue weighted by molar-refractivity contribution is 9.10. The van der Waals surface area contributed by atoms with Crippen LogP contribution in [0.25, 0.3) is 0 Å². The number of hydrogen-bond donors (Lipinski definition) is 1. The van der Waals surface area contributed by atoms with E-state index in [0.29, 0.717) is 6.04 Å². The molecule has 1 aromatic rings. The van der Waals surface area contributed by atoms with Gasteiger partial charge < -0.3 is 10.1 Å². The largest absolute Gasteiger partial charge is 0.375 e. The van der Waals surface area contributed by atoms with Gasteiger partial charge in [0.25, 0.3) is 0 Å². The molecule has 1 unspecified atom stereocenters. The lowest BCUT2D eigenvalue weighted by Crippen LogP contribution is -2.46. The van der Waals surface area contributed by atoms with Crippen LogP contribution < -0.4 is 5.32 Å². The van der Waals surface area contributed by atoms with Crippen LogP contribution in [0, 0.1) is 0 Å². The number of benzene rings is 1. The molecule has 0 amide bonds. The lowest BCUT2D eigenvalue weighted by molar-refractivity contribution is -0.0932. The van der Waals surface area contributed by atoms with Gasteiger partial charge in [-0.25, -0.2) is 0 Å². The van der Waals surface area contributed by atoms with Gasteiger partial charge in [0.1, 0.15) is 0 Å². The molecule has 0 radical (unpaired) electrons. The molecule has 20 heavy (non-hydrogen) atoms. The van der Waals surface area contributed by atoms with Gasteiger partial charge in [-0.1, -0.05) is 31.5 Å². The molecular weight excluding hydrogens is 338 g/mol. The predicted molar refractivity (Wildman–Crippen MR) is 88.3 cm³/mol. The minimum atomic E-state index is 0.0799. The molecule has 4 heteroatoms. The Hall–Kier alpha value is -0.0900. The average Bonchev–Trinajstić information content (AvgIpc) is 2.48. The van der Waals surface area contributed by atoms with Crippen LogP contribution in [-0.2, 0) is 11.3 Å². The van der Waals surface area contributed by atoms with E-state index in [-0.39, 0.29) is 5.60 Å². The number of ether oxygens (including phenoxy) is 1. The van der Waals surface area contributed by atoms with E-state index in [1.54, 1.807) is 0 Å². The van der Waals surface area contributed by atoms with Crippen molar-refractivity contribution in [2.24, 2.45) is 0 Å². The molecule has 1 atom stereocenters. The first-order valence-corrected chi connectivity index (χ1v) is 8.57. The van der Waals surface area contributed by atoms with Crippen LogP contribution >= 0.6 is 27.5 Å². The third kappa shape index (κ3) is 3.97. The van der Waals surface area contributed by atoms with E-state index in [1.807, 2.05) is 6.07 Å². The lowest BCUT2D eigenvalue weighted by Gasteiger charge is -2.40. The first-order valence-electron chi connectivity index (χ1n) is 7.40. The average molecular weight is 361 g/mol. The molecule has 1 fully saturated rings. The van der Waals surface area contributed by atoms with Crippen LogP contribution in [0.1, 0.15) is 45.1 Å². The molecule has 0 saturated carbocycles. The standard InChI is InChI=1S/C16H23BrClNO/c1-3-16(4-2)10-13(7-8-20-16)19-11-12-5-6-15(18)14(17)9-12/h5-6,9,13,19H,3-4,7-8,10-11H2,1-2H3. The molecule has 1 aliphatic heterocycles. The summed E-state index contributed by atoms with van der Waals surface area (Å²) in [5, 5.41) is 4.42. The van der Waals surface area contributed by atoms with Crippen molar-refractivity contribution in [2.45, 2.75) is 57.7 Å². The van der Waals surface area contributed by atoms with E-state index in [2.05, 4.69) is 47.2 Å². The van der Waals surface area contributed by atoms with Crippen molar-refractivity contribution in [3.05, 3.63) is 33.3 Å². The van der Waals surface area contributed by atoms with E-state index < -0.39 is 0 Å². The summed E-state index contributed by atoms with van der Waals surface area (Å²) < 4.78 is 6.98. The summed E-state index contributed by atoms with van der Waals surface area (Å²) in [6, 6.07) is 6.64. The smallest absolute Gasteiger partial charge is 0.0692 e. The maximum absolute atomic E-state index is 6.02. The number of rotatable bonds is 5. The summed E-state index contributed by atoms with van der Waals surface area (Å²) in [5.41, 5.74) is 1.34. The Labute approximate surface area is 135 Å². The highest BCUT2D eigenvalue weighted by Crippen LogP contribution is 2.31. The summed E-state index contributed by atoms with van der Waals surface area (Å²) >= 11 is 9.49. The maximum atomic E-state index is 6.02. The normalized spacial score (nSPS) is 21.9. The molecule has 0 bridgehead atoms. The Kier molecular flexibility index (Phi) is 5.91. The van der Waals surface area contributed by atoms with Gasteiger partial charge in [0.2, 0.25) is 0 Å². The Balaban J connectivity index is 1.91. The SMILES string of the molecule is CCC1(CC)CC(NCc2ccc(Cl)c(Br)c2)CCO1. The molecule has 112 valence electrons. The highest BCUT2D eigenvalue weighted by atomic mass is 79.9. The van der Waals surface area contributed by atoms with E-state index >= 15 is 0 Å². The fraction of sp³-hybridized carbons (Fsp3) is 0.625. The minimum absolute atomic E-state index is 0.0799. The molecule has 1 aliphatic rings. The first-order chi connectivity index (χ1) is 9.58. The molecule has 1 heterocycles. The van der Waals surface area contributed by atoms with Crippen molar-refractivity contribution in [3.8, 4) is 0 Å². The van der Waals surface area contributed by atoms with Gasteiger partial charge in [0, 0.05) is 23.7 Å². The van der Waals surface area contributed by atoms with E-state index in [4.69, 9.17) is 16.3 Å². The van der Waals surface area contributed by atoms with Gasteiger partial charge >= 0.3 is 0 Å². The molecule has 1 aromatic carbocycles. The Bertz CT molecular complexity index is 448.